The van der Waals surface area contributed by atoms with Crippen molar-refractivity contribution in [1.82, 2.24) is 0 Å². The van der Waals surface area contributed by atoms with Gasteiger partial charge in [-0.2, -0.15) is 5.26 Å². The van der Waals surface area contributed by atoms with Gasteiger partial charge in [0.2, 0.25) is 0 Å². The maximum Gasteiger partial charge on any atom is 0.266 e. The van der Waals surface area contributed by atoms with Gasteiger partial charge in [0.15, 0.2) is 11.5 Å². The SMILES string of the molecule is C=CCOc1ccc(/C=C(/C#N)C(=O)Nc2ccc(N(C)C)cc2)cc1OC. The molecule has 0 bridgehead atoms. The van der Waals surface area contributed by atoms with Crippen molar-refractivity contribution in [2.24, 2.45) is 0 Å². The van der Waals surface area contributed by atoms with Crippen LogP contribution in [0.1, 0.15) is 5.56 Å². The second kappa shape index (κ2) is 9.83. The number of ether oxygens (including phenoxy) is 2. The lowest BCUT2D eigenvalue weighted by atomic mass is 10.1. The van der Waals surface area contributed by atoms with Gasteiger partial charge < -0.3 is 19.7 Å². The lowest BCUT2D eigenvalue weighted by molar-refractivity contribution is -0.112. The van der Waals surface area contributed by atoms with Crippen LogP contribution in [-0.4, -0.2) is 33.7 Å². The molecule has 6 nitrogen and oxygen atoms in total. The predicted molar refractivity (Wildman–Crippen MR) is 112 cm³/mol. The van der Waals surface area contributed by atoms with E-state index in [0.29, 0.717) is 29.4 Å². The summed E-state index contributed by atoms with van der Waals surface area (Å²) < 4.78 is 10.8. The molecule has 0 heterocycles. The largest absolute Gasteiger partial charge is 0.493 e. The fourth-order valence-corrected chi connectivity index (χ4v) is 2.40. The highest BCUT2D eigenvalue weighted by molar-refractivity contribution is 6.09. The van der Waals surface area contributed by atoms with Crippen LogP contribution in [0.2, 0.25) is 0 Å². The number of carbonyl (C=O) groups is 1. The second-order valence-corrected chi connectivity index (χ2v) is 6.08. The van der Waals surface area contributed by atoms with Gasteiger partial charge in [0, 0.05) is 25.5 Å². The van der Waals surface area contributed by atoms with Crippen molar-refractivity contribution in [3.8, 4) is 17.6 Å². The molecule has 0 saturated heterocycles. The van der Waals surface area contributed by atoms with Crippen molar-refractivity contribution < 1.29 is 14.3 Å². The van der Waals surface area contributed by atoms with Gasteiger partial charge in [-0.3, -0.25) is 4.79 Å². The zero-order valence-electron chi connectivity index (χ0n) is 16.2. The van der Waals surface area contributed by atoms with Gasteiger partial charge >= 0.3 is 0 Å². The minimum Gasteiger partial charge on any atom is -0.493 e. The quantitative estimate of drug-likeness (QED) is 0.429. The van der Waals surface area contributed by atoms with Crippen LogP contribution in [-0.2, 0) is 4.79 Å². The van der Waals surface area contributed by atoms with Gasteiger partial charge in [0.05, 0.1) is 7.11 Å². The Bertz CT molecular complexity index is 910. The number of nitrogens with one attached hydrogen (secondary N) is 1. The first kappa shape index (κ1) is 20.6. The Morgan fingerprint density at radius 3 is 2.50 bits per heavy atom. The Balaban J connectivity index is 2.19. The highest BCUT2D eigenvalue weighted by Gasteiger charge is 2.11. The first-order valence-corrected chi connectivity index (χ1v) is 8.60. The number of methoxy groups -OCH3 is 1. The van der Waals surface area contributed by atoms with Crippen LogP contribution in [0.3, 0.4) is 0 Å². The fourth-order valence-electron chi connectivity index (χ4n) is 2.40. The Morgan fingerprint density at radius 1 is 1.21 bits per heavy atom. The van der Waals surface area contributed by atoms with E-state index in [1.54, 1.807) is 36.4 Å². The number of carbonyl (C=O) groups excluding carboxylic acids is 1. The first-order valence-electron chi connectivity index (χ1n) is 8.60. The van der Waals surface area contributed by atoms with Crippen molar-refractivity contribution >= 4 is 23.4 Å². The van der Waals surface area contributed by atoms with Crippen LogP contribution in [0.15, 0.2) is 60.7 Å². The molecule has 1 amide bonds. The van der Waals surface area contributed by atoms with Crippen molar-refractivity contribution in [1.29, 1.82) is 5.26 Å². The van der Waals surface area contributed by atoms with Crippen molar-refractivity contribution in [3.05, 3.63) is 66.3 Å². The van der Waals surface area contributed by atoms with Crippen molar-refractivity contribution in [3.63, 3.8) is 0 Å². The molecule has 0 aliphatic carbocycles. The number of nitriles is 1. The second-order valence-electron chi connectivity index (χ2n) is 6.08. The monoisotopic (exact) mass is 377 g/mol. The predicted octanol–water partition coefficient (Wildman–Crippen LogP) is 3.87. The molecule has 1 N–H and O–H groups in total. The van der Waals surface area contributed by atoms with Gasteiger partial charge in [-0.05, 0) is 48.0 Å². The van der Waals surface area contributed by atoms with Crippen LogP contribution < -0.4 is 19.7 Å². The third kappa shape index (κ3) is 5.39. The van der Waals surface area contributed by atoms with Crippen LogP contribution in [0, 0.1) is 11.3 Å². The van der Waals surface area contributed by atoms with Gasteiger partial charge in [0.25, 0.3) is 5.91 Å². The van der Waals surface area contributed by atoms with Gasteiger partial charge in [-0.1, -0.05) is 18.7 Å². The minimum atomic E-state index is -0.481. The smallest absolute Gasteiger partial charge is 0.266 e. The van der Waals surface area contributed by atoms with E-state index in [1.165, 1.54) is 13.2 Å². The highest BCUT2D eigenvalue weighted by atomic mass is 16.5. The van der Waals surface area contributed by atoms with E-state index in [1.807, 2.05) is 37.2 Å². The molecular weight excluding hydrogens is 354 g/mol. The molecule has 0 aliphatic rings. The van der Waals surface area contributed by atoms with Crippen LogP contribution in [0.4, 0.5) is 11.4 Å². The van der Waals surface area contributed by atoms with Gasteiger partial charge in [-0.25, -0.2) is 0 Å². The van der Waals surface area contributed by atoms with E-state index in [9.17, 15) is 10.1 Å². The van der Waals surface area contributed by atoms with Crippen molar-refractivity contribution in [2.45, 2.75) is 0 Å². The summed E-state index contributed by atoms with van der Waals surface area (Å²) in [5.41, 5.74) is 2.26. The lowest BCUT2D eigenvalue weighted by Crippen LogP contribution is -2.14. The number of anilines is 2. The Kier molecular flexibility index (Phi) is 7.23. The average Bonchev–Trinajstić information content (AvgIpc) is 2.71. The molecule has 0 fully saturated rings. The standard InChI is InChI=1S/C22H23N3O3/c1-5-12-28-20-11-6-16(14-21(20)27-4)13-17(15-23)22(26)24-18-7-9-19(10-8-18)25(2)3/h5-11,13-14H,1,12H2,2-4H3,(H,24,26)/b17-13-. The van der Waals surface area contributed by atoms with E-state index in [0.717, 1.165) is 5.69 Å². The van der Waals surface area contributed by atoms with E-state index in [2.05, 4.69) is 11.9 Å². The minimum absolute atomic E-state index is 0.0153. The Labute approximate surface area is 165 Å². The molecule has 0 saturated carbocycles. The molecule has 144 valence electrons. The van der Waals surface area contributed by atoms with E-state index < -0.39 is 5.91 Å². The number of nitrogens with zero attached hydrogens (tertiary/aromatic N) is 2. The van der Waals surface area contributed by atoms with E-state index in [-0.39, 0.29) is 5.57 Å². The Hall–Kier alpha value is -3.72. The zero-order valence-corrected chi connectivity index (χ0v) is 16.2. The lowest BCUT2D eigenvalue weighted by Gasteiger charge is -2.13. The number of hydrogen-bond donors (Lipinski definition) is 1. The van der Waals surface area contributed by atoms with E-state index >= 15 is 0 Å². The van der Waals surface area contributed by atoms with Gasteiger partial charge in [-0.15, -0.1) is 0 Å². The molecule has 0 aliphatic heterocycles. The molecular formula is C22H23N3O3. The number of hydrogen-bond acceptors (Lipinski definition) is 5. The molecule has 2 rings (SSSR count). The highest BCUT2D eigenvalue weighted by Crippen LogP contribution is 2.29. The number of amides is 1. The summed E-state index contributed by atoms with van der Waals surface area (Å²) in [6, 6.07) is 14.5. The molecule has 0 aromatic heterocycles. The summed E-state index contributed by atoms with van der Waals surface area (Å²) in [5.74, 6) is 0.585. The number of benzene rings is 2. The average molecular weight is 377 g/mol. The first-order chi connectivity index (χ1) is 13.5. The molecule has 6 heteroatoms. The van der Waals surface area contributed by atoms with Crippen LogP contribution in [0.25, 0.3) is 6.08 Å². The summed E-state index contributed by atoms with van der Waals surface area (Å²) in [6.07, 6.45) is 3.14. The summed E-state index contributed by atoms with van der Waals surface area (Å²) in [4.78, 5) is 14.4. The van der Waals surface area contributed by atoms with Crippen LogP contribution in [0.5, 0.6) is 11.5 Å². The molecule has 0 radical (unpaired) electrons. The maximum absolute atomic E-state index is 12.5. The normalized spacial score (nSPS) is 10.6. The summed E-state index contributed by atoms with van der Waals surface area (Å²) in [5, 5.41) is 12.1. The fraction of sp³-hybridized carbons (Fsp3) is 0.182. The van der Waals surface area contributed by atoms with Crippen molar-refractivity contribution in [2.75, 3.05) is 38.0 Å². The third-order valence-electron chi connectivity index (χ3n) is 3.86. The maximum atomic E-state index is 12.5. The molecule has 2 aromatic carbocycles. The number of rotatable bonds is 8. The molecule has 0 unspecified atom stereocenters. The molecule has 0 spiro atoms. The summed E-state index contributed by atoms with van der Waals surface area (Å²) in [7, 11) is 5.40. The van der Waals surface area contributed by atoms with Gasteiger partial charge in [0.1, 0.15) is 18.2 Å². The van der Waals surface area contributed by atoms with E-state index in [4.69, 9.17) is 9.47 Å². The zero-order chi connectivity index (χ0) is 20.5. The molecule has 28 heavy (non-hydrogen) atoms. The summed E-state index contributed by atoms with van der Waals surface area (Å²) in [6.45, 7) is 3.96. The Morgan fingerprint density at radius 2 is 1.93 bits per heavy atom. The van der Waals surface area contributed by atoms with Crippen LogP contribution >= 0.6 is 0 Å². The molecule has 2 aromatic rings. The molecule has 0 atom stereocenters. The summed E-state index contributed by atoms with van der Waals surface area (Å²) >= 11 is 0. The topological polar surface area (TPSA) is 74.6 Å². The third-order valence-corrected chi connectivity index (χ3v) is 3.86.